The van der Waals surface area contributed by atoms with Gasteiger partial charge < -0.3 is 15.2 Å². The van der Waals surface area contributed by atoms with E-state index >= 15 is 0 Å². The van der Waals surface area contributed by atoms with Crippen LogP contribution in [0.25, 0.3) is 0 Å². The van der Waals surface area contributed by atoms with Crippen molar-refractivity contribution < 1.29 is 14.4 Å². The fourth-order valence-electron chi connectivity index (χ4n) is 1.75. The van der Waals surface area contributed by atoms with Crippen LogP contribution in [0.3, 0.4) is 0 Å². The maximum absolute atomic E-state index is 11.2. The van der Waals surface area contributed by atoms with Gasteiger partial charge in [0, 0.05) is 5.54 Å². The fraction of sp³-hybridized carbons (Fsp3) is 0.571. The monoisotopic (exact) mass is 282 g/mol. The molecule has 0 aliphatic carbocycles. The summed E-state index contributed by atoms with van der Waals surface area (Å²) >= 11 is 0. The van der Waals surface area contributed by atoms with Gasteiger partial charge in [-0.2, -0.15) is 0 Å². The number of nitro benzene ring substituents is 1. The first-order valence-corrected chi connectivity index (χ1v) is 6.79. The normalized spacial score (nSPS) is 11.2. The van der Waals surface area contributed by atoms with Crippen molar-refractivity contribution in [3.8, 4) is 11.5 Å². The van der Waals surface area contributed by atoms with Gasteiger partial charge in [-0.3, -0.25) is 10.1 Å². The van der Waals surface area contributed by atoms with Crippen molar-refractivity contribution in [2.24, 2.45) is 5.73 Å². The average molecular weight is 282 g/mol. The summed E-state index contributed by atoms with van der Waals surface area (Å²) in [6, 6.07) is 4.79. The van der Waals surface area contributed by atoms with Crippen LogP contribution in [0.5, 0.6) is 11.5 Å². The van der Waals surface area contributed by atoms with Crippen LogP contribution in [0.15, 0.2) is 18.2 Å². The van der Waals surface area contributed by atoms with Crippen LogP contribution in [0.4, 0.5) is 5.69 Å². The van der Waals surface area contributed by atoms with E-state index in [1.165, 1.54) is 0 Å². The van der Waals surface area contributed by atoms with E-state index < -0.39 is 10.5 Å². The van der Waals surface area contributed by atoms with Gasteiger partial charge in [0.25, 0.3) is 0 Å². The summed E-state index contributed by atoms with van der Waals surface area (Å²) < 4.78 is 10.9. The van der Waals surface area contributed by atoms with E-state index in [1.807, 2.05) is 13.8 Å². The highest BCUT2D eigenvalue weighted by molar-refractivity contribution is 5.57. The highest BCUT2D eigenvalue weighted by Gasteiger charge is 2.26. The van der Waals surface area contributed by atoms with Crippen LogP contribution in [0, 0.1) is 10.1 Å². The van der Waals surface area contributed by atoms with Crippen LogP contribution in [-0.2, 0) is 0 Å². The minimum Gasteiger partial charge on any atom is -0.487 e. The maximum atomic E-state index is 11.2. The van der Waals surface area contributed by atoms with Gasteiger partial charge in [0.1, 0.15) is 6.61 Å². The Hall–Kier alpha value is -1.82. The van der Waals surface area contributed by atoms with Gasteiger partial charge in [-0.1, -0.05) is 19.9 Å². The van der Waals surface area contributed by atoms with Crippen LogP contribution in [-0.4, -0.2) is 23.7 Å². The second-order valence-electron chi connectivity index (χ2n) is 4.65. The van der Waals surface area contributed by atoms with Crippen molar-refractivity contribution in [3.05, 3.63) is 28.3 Å². The molecule has 112 valence electrons. The smallest absolute Gasteiger partial charge is 0.352 e. The minimum absolute atomic E-state index is 0.149. The molecule has 20 heavy (non-hydrogen) atoms. The first kappa shape index (κ1) is 16.2. The molecule has 0 aliphatic rings. The molecule has 0 fully saturated rings. The molecule has 0 saturated heterocycles. The topological polar surface area (TPSA) is 87.6 Å². The first-order chi connectivity index (χ1) is 9.47. The molecule has 0 amide bonds. The predicted molar refractivity (Wildman–Crippen MR) is 77.3 cm³/mol. The summed E-state index contributed by atoms with van der Waals surface area (Å²) in [6.07, 6.45) is 1.48. The molecule has 0 unspecified atom stereocenters. The largest absolute Gasteiger partial charge is 0.487 e. The van der Waals surface area contributed by atoms with Gasteiger partial charge in [-0.25, -0.2) is 0 Å². The van der Waals surface area contributed by atoms with Crippen LogP contribution >= 0.6 is 0 Å². The van der Waals surface area contributed by atoms with Gasteiger partial charge >= 0.3 is 5.69 Å². The molecule has 1 rings (SSSR count). The number of para-hydroxylation sites is 1. The van der Waals surface area contributed by atoms with Crippen molar-refractivity contribution >= 4 is 5.69 Å². The molecule has 0 heterocycles. The molecule has 0 saturated carbocycles. The van der Waals surface area contributed by atoms with Crippen molar-refractivity contribution in [2.45, 2.75) is 39.2 Å². The van der Waals surface area contributed by atoms with E-state index in [4.69, 9.17) is 15.2 Å². The van der Waals surface area contributed by atoms with E-state index in [0.29, 0.717) is 6.61 Å². The van der Waals surface area contributed by atoms with Crippen LogP contribution < -0.4 is 15.2 Å². The highest BCUT2D eigenvalue weighted by Crippen LogP contribution is 2.37. The standard InChI is InChI=1S/C14H22N2O4/c1-4-14(15,5-2)10-20-12-9-7-8-11(19-6-3)13(12)16(17)18/h7-9H,4-6,10,15H2,1-3H3. The zero-order chi connectivity index (χ0) is 15.2. The van der Waals surface area contributed by atoms with Crippen LogP contribution in [0.2, 0.25) is 0 Å². The van der Waals surface area contributed by atoms with Gasteiger partial charge in [-0.15, -0.1) is 0 Å². The second-order valence-corrected chi connectivity index (χ2v) is 4.65. The lowest BCUT2D eigenvalue weighted by molar-refractivity contribution is -0.386. The Morgan fingerprint density at radius 3 is 2.20 bits per heavy atom. The van der Waals surface area contributed by atoms with Crippen molar-refractivity contribution in [3.63, 3.8) is 0 Å². The number of hydrogen-bond acceptors (Lipinski definition) is 5. The molecule has 0 spiro atoms. The molecule has 6 heteroatoms. The van der Waals surface area contributed by atoms with Gasteiger partial charge in [0.05, 0.1) is 11.5 Å². The van der Waals surface area contributed by atoms with E-state index in [1.54, 1.807) is 25.1 Å². The Kier molecular flexibility index (Phi) is 5.76. The number of nitrogens with zero attached hydrogens (tertiary/aromatic N) is 1. The summed E-state index contributed by atoms with van der Waals surface area (Å²) in [4.78, 5) is 10.7. The Balaban J connectivity index is 3.00. The number of hydrogen-bond donors (Lipinski definition) is 1. The molecule has 0 atom stereocenters. The number of ether oxygens (including phenoxy) is 2. The average Bonchev–Trinajstić information content (AvgIpc) is 2.45. The van der Waals surface area contributed by atoms with Crippen molar-refractivity contribution in [1.29, 1.82) is 0 Å². The molecule has 0 aliphatic heterocycles. The molecule has 0 bridgehead atoms. The lowest BCUT2D eigenvalue weighted by atomic mass is 9.96. The predicted octanol–water partition coefficient (Wildman–Crippen LogP) is 2.89. The van der Waals surface area contributed by atoms with Crippen molar-refractivity contribution in [2.75, 3.05) is 13.2 Å². The molecule has 6 nitrogen and oxygen atoms in total. The SMILES string of the molecule is CCOc1cccc(OCC(N)(CC)CC)c1[N+](=O)[O-]. The molecule has 1 aromatic carbocycles. The Labute approximate surface area is 119 Å². The Bertz CT molecular complexity index is 458. The number of nitrogens with two attached hydrogens (primary N) is 1. The molecular weight excluding hydrogens is 260 g/mol. The summed E-state index contributed by atoms with van der Waals surface area (Å²) in [7, 11) is 0. The third kappa shape index (κ3) is 3.84. The van der Waals surface area contributed by atoms with Crippen molar-refractivity contribution in [1.82, 2.24) is 0 Å². The number of nitro groups is 1. The lowest BCUT2D eigenvalue weighted by Crippen LogP contribution is -2.44. The van der Waals surface area contributed by atoms with Gasteiger partial charge in [0.2, 0.25) is 11.5 Å². The Morgan fingerprint density at radius 2 is 1.75 bits per heavy atom. The van der Waals surface area contributed by atoms with E-state index in [2.05, 4.69) is 0 Å². The molecule has 2 N–H and O–H groups in total. The summed E-state index contributed by atoms with van der Waals surface area (Å²) in [5.41, 5.74) is 5.52. The zero-order valence-corrected chi connectivity index (χ0v) is 12.2. The quantitative estimate of drug-likeness (QED) is 0.585. The summed E-state index contributed by atoms with van der Waals surface area (Å²) in [5.74, 6) is 0.406. The maximum Gasteiger partial charge on any atom is 0.352 e. The van der Waals surface area contributed by atoms with E-state index in [-0.39, 0.29) is 23.8 Å². The number of benzene rings is 1. The van der Waals surface area contributed by atoms with E-state index in [0.717, 1.165) is 12.8 Å². The third-order valence-corrected chi connectivity index (χ3v) is 3.37. The zero-order valence-electron chi connectivity index (χ0n) is 12.2. The second kappa shape index (κ2) is 7.09. The molecule has 0 radical (unpaired) electrons. The minimum atomic E-state index is -0.490. The number of rotatable bonds is 8. The first-order valence-electron chi connectivity index (χ1n) is 6.79. The lowest BCUT2D eigenvalue weighted by Gasteiger charge is -2.26. The van der Waals surface area contributed by atoms with Gasteiger partial charge in [-0.05, 0) is 31.9 Å². The highest BCUT2D eigenvalue weighted by atomic mass is 16.6. The van der Waals surface area contributed by atoms with E-state index in [9.17, 15) is 10.1 Å². The van der Waals surface area contributed by atoms with Crippen LogP contribution in [0.1, 0.15) is 33.6 Å². The third-order valence-electron chi connectivity index (χ3n) is 3.37. The Morgan fingerprint density at radius 1 is 1.20 bits per heavy atom. The summed E-state index contributed by atoms with van der Waals surface area (Å²) in [6.45, 7) is 6.30. The molecule has 1 aromatic rings. The fourth-order valence-corrected chi connectivity index (χ4v) is 1.75. The molecule has 0 aromatic heterocycles. The summed E-state index contributed by atoms with van der Waals surface area (Å²) in [5, 5.41) is 11.2. The van der Waals surface area contributed by atoms with Gasteiger partial charge in [0.15, 0.2) is 0 Å². The molecular formula is C14H22N2O4.